The van der Waals surface area contributed by atoms with Crippen LogP contribution >= 0.6 is 0 Å². The average Bonchev–Trinajstić information content (AvgIpc) is 2.89. The van der Waals surface area contributed by atoms with E-state index in [2.05, 4.69) is 9.97 Å². The lowest BCUT2D eigenvalue weighted by atomic mass is 10.2. The fourth-order valence-corrected chi connectivity index (χ4v) is 2.09. The Hall–Kier alpha value is -2.90. The lowest BCUT2D eigenvalue weighted by Crippen LogP contribution is -2.04. The molecule has 0 atom stereocenters. The fourth-order valence-electron chi connectivity index (χ4n) is 2.09. The molecule has 2 aromatic carbocycles. The van der Waals surface area contributed by atoms with Crippen molar-refractivity contribution >= 4 is 16.7 Å². The number of fused-ring (bicyclic) bond motifs is 1. The van der Waals surface area contributed by atoms with Crippen molar-refractivity contribution in [2.75, 3.05) is 0 Å². The Balaban J connectivity index is 2.09. The highest BCUT2D eigenvalue weighted by Gasteiger charge is 2.30. The van der Waals surface area contributed by atoms with Gasteiger partial charge < -0.3 is 4.98 Å². The van der Waals surface area contributed by atoms with E-state index in [-0.39, 0.29) is 17.0 Å². The highest BCUT2D eigenvalue weighted by Crippen LogP contribution is 2.32. The summed E-state index contributed by atoms with van der Waals surface area (Å²) in [5, 5.41) is 10.8. The van der Waals surface area contributed by atoms with Gasteiger partial charge in [-0.3, -0.25) is 10.1 Å². The van der Waals surface area contributed by atoms with E-state index >= 15 is 0 Å². The molecule has 0 saturated carbocycles. The van der Waals surface area contributed by atoms with Gasteiger partial charge in [-0.25, -0.2) is 4.98 Å². The van der Waals surface area contributed by atoms with E-state index in [4.69, 9.17) is 0 Å². The maximum atomic E-state index is 12.7. The van der Waals surface area contributed by atoms with Crippen LogP contribution in [0.4, 0.5) is 18.9 Å². The van der Waals surface area contributed by atoms with Crippen molar-refractivity contribution in [1.29, 1.82) is 0 Å². The number of imidazole rings is 1. The summed E-state index contributed by atoms with van der Waals surface area (Å²) in [6.07, 6.45) is -4.44. The maximum absolute atomic E-state index is 12.7. The molecule has 3 aromatic rings. The Kier molecular flexibility index (Phi) is 3.09. The summed E-state index contributed by atoms with van der Waals surface area (Å²) in [5.41, 5.74) is 0.105. The molecule has 0 aliphatic rings. The van der Waals surface area contributed by atoms with Crippen LogP contribution in [0.2, 0.25) is 0 Å². The zero-order valence-corrected chi connectivity index (χ0v) is 10.9. The number of non-ortho nitro benzene ring substituents is 1. The fraction of sp³-hybridized carbons (Fsp3) is 0.0714. The van der Waals surface area contributed by atoms with E-state index in [0.717, 1.165) is 12.1 Å². The average molecular weight is 307 g/mol. The van der Waals surface area contributed by atoms with E-state index in [1.807, 2.05) is 0 Å². The summed E-state index contributed by atoms with van der Waals surface area (Å²) < 4.78 is 38.0. The molecular formula is C14H8F3N3O2. The lowest BCUT2D eigenvalue weighted by Gasteiger charge is -2.05. The molecule has 112 valence electrons. The first-order chi connectivity index (χ1) is 10.3. The quantitative estimate of drug-likeness (QED) is 0.571. The van der Waals surface area contributed by atoms with Crippen LogP contribution in [0.15, 0.2) is 42.5 Å². The number of H-pyrrole nitrogens is 1. The predicted octanol–water partition coefficient (Wildman–Crippen LogP) is 4.16. The molecule has 0 unspecified atom stereocenters. The number of nitro groups is 1. The molecule has 1 N–H and O–H groups in total. The number of nitro benzene ring substituents is 1. The number of hydrogen-bond acceptors (Lipinski definition) is 3. The van der Waals surface area contributed by atoms with Gasteiger partial charge in [0.1, 0.15) is 5.82 Å². The first-order valence-electron chi connectivity index (χ1n) is 6.16. The molecule has 0 aliphatic carbocycles. The van der Waals surface area contributed by atoms with Gasteiger partial charge in [0.25, 0.3) is 5.69 Å². The van der Waals surface area contributed by atoms with Gasteiger partial charge in [0.15, 0.2) is 0 Å². The second kappa shape index (κ2) is 4.83. The predicted molar refractivity (Wildman–Crippen MR) is 73.2 cm³/mol. The van der Waals surface area contributed by atoms with Crippen LogP contribution in [0, 0.1) is 10.1 Å². The summed E-state index contributed by atoms with van der Waals surface area (Å²) in [5.74, 6) is 0.276. The van der Waals surface area contributed by atoms with Crippen LogP contribution in [0.5, 0.6) is 0 Å². The third-order valence-corrected chi connectivity index (χ3v) is 3.14. The number of rotatable bonds is 2. The summed E-state index contributed by atoms with van der Waals surface area (Å²) in [6.45, 7) is 0. The van der Waals surface area contributed by atoms with Gasteiger partial charge in [-0.1, -0.05) is 12.1 Å². The second-order valence-corrected chi connectivity index (χ2v) is 4.62. The van der Waals surface area contributed by atoms with E-state index in [9.17, 15) is 23.3 Å². The van der Waals surface area contributed by atoms with Crippen molar-refractivity contribution in [1.82, 2.24) is 9.97 Å². The molecule has 0 bridgehead atoms. The number of benzene rings is 2. The van der Waals surface area contributed by atoms with E-state index in [1.165, 1.54) is 24.3 Å². The Morgan fingerprint density at radius 2 is 1.91 bits per heavy atom. The molecule has 1 aromatic heterocycles. The third kappa shape index (κ3) is 2.50. The Morgan fingerprint density at radius 1 is 1.14 bits per heavy atom. The van der Waals surface area contributed by atoms with Crippen LogP contribution < -0.4 is 0 Å². The van der Waals surface area contributed by atoms with Gasteiger partial charge in [0, 0.05) is 17.7 Å². The zero-order valence-electron chi connectivity index (χ0n) is 10.9. The minimum Gasteiger partial charge on any atom is -0.338 e. The maximum Gasteiger partial charge on any atom is 0.416 e. The van der Waals surface area contributed by atoms with E-state index in [1.54, 1.807) is 6.07 Å². The number of nitrogens with one attached hydrogen (secondary N) is 1. The van der Waals surface area contributed by atoms with Crippen molar-refractivity contribution in [2.24, 2.45) is 0 Å². The number of aromatic amines is 1. The van der Waals surface area contributed by atoms with Crippen LogP contribution in [0.25, 0.3) is 22.4 Å². The summed E-state index contributed by atoms with van der Waals surface area (Å²) >= 11 is 0. The van der Waals surface area contributed by atoms with Crippen molar-refractivity contribution in [2.45, 2.75) is 6.18 Å². The molecular weight excluding hydrogens is 299 g/mol. The first-order valence-corrected chi connectivity index (χ1v) is 6.16. The van der Waals surface area contributed by atoms with Gasteiger partial charge >= 0.3 is 6.18 Å². The van der Waals surface area contributed by atoms with E-state index in [0.29, 0.717) is 11.1 Å². The Bertz CT molecular complexity index is 871. The molecule has 0 amide bonds. The summed E-state index contributed by atoms with van der Waals surface area (Å²) in [4.78, 5) is 17.1. The molecule has 0 spiro atoms. The second-order valence-electron chi connectivity index (χ2n) is 4.62. The molecule has 0 saturated heterocycles. The summed E-state index contributed by atoms with van der Waals surface area (Å²) in [7, 11) is 0. The molecule has 3 rings (SSSR count). The molecule has 8 heteroatoms. The standard InChI is InChI=1S/C14H8F3N3O2/c15-14(16,17)9-4-5-11-12(7-9)19-13(18-11)8-2-1-3-10(6-8)20(21)22/h1-7H,(H,18,19). The number of aromatic nitrogens is 2. The number of nitrogens with zero attached hydrogens (tertiary/aromatic N) is 2. The third-order valence-electron chi connectivity index (χ3n) is 3.14. The molecule has 0 aliphatic heterocycles. The van der Waals surface area contributed by atoms with Gasteiger partial charge in [-0.2, -0.15) is 13.2 Å². The molecule has 0 fully saturated rings. The van der Waals surface area contributed by atoms with Gasteiger partial charge in [-0.05, 0) is 18.2 Å². The number of alkyl halides is 3. The van der Waals surface area contributed by atoms with Gasteiger partial charge in [-0.15, -0.1) is 0 Å². The van der Waals surface area contributed by atoms with Crippen LogP contribution in [-0.2, 0) is 6.18 Å². The van der Waals surface area contributed by atoms with Gasteiger partial charge in [0.05, 0.1) is 21.5 Å². The van der Waals surface area contributed by atoms with Crippen LogP contribution in [0.1, 0.15) is 5.56 Å². The smallest absolute Gasteiger partial charge is 0.338 e. The highest BCUT2D eigenvalue weighted by molar-refractivity contribution is 5.80. The summed E-state index contributed by atoms with van der Waals surface area (Å²) in [6, 6.07) is 8.88. The van der Waals surface area contributed by atoms with E-state index < -0.39 is 16.7 Å². The highest BCUT2D eigenvalue weighted by atomic mass is 19.4. The van der Waals surface area contributed by atoms with Crippen LogP contribution in [0.3, 0.4) is 0 Å². The van der Waals surface area contributed by atoms with Crippen molar-refractivity contribution in [3.8, 4) is 11.4 Å². The molecule has 5 nitrogen and oxygen atoms in total. The molecule has 0 radical (unpaired) electrons. The van der Waals surface area contributed by atoms with Gasteiger partial charge in [0.2, 0.25) is 0 Å². The van der Waals surface area contributed by atoms with Crippen molar-refractivity contribution in [3.63, 3.8) is 0 Å². The topological polar surface area (TPSA) is 71.8 Å². The minimum atomic E-state index is -4.44. The normalized spacial score (nSPS) is 11.8. The number of hydrogen-bond donors (Lipinski definition) is 1. The Morgan fingerprint density at radius 3 is 2.59 bits per heavy atom. The van der Waals surface area contributed by atoms with Crippen molar-refractivity contribution in [3.05, 3.63) is 58.1 Å². The lowest BCUT2D eigenvalue weighted by molar-refractivity contribution is -0.384. The van der Waals surface area contributed by atoms with Crippen molar-refractivity contribution < 1.29 is 18.1 Å². The van der Waals surface area contributed by atoms with Crippen LogP contribution in [-0.4, -0.2) is 14.9 Å². The molecule has 1 heterocycles. The first kappa shape index (κ1) is 14.1. The SMILES string of the molecule is O=[N+]([O-])c1cccc(-c2nc3ccc(C(F)(F)F)cc3[nH]2)c1. The largest absolute Gasteiger partial charge is 0.416 e. The number of halogens is 3. The monoisotopic (exact) mass is 307 g/mol. The Labute approximate surface area is 121 Å². The molecule has 22 heavy (non-hydrogen) atoms. The zero-order chi connectivity index (χ0) is 15.9. The minimum absolute atomic E-state index is 0.117.